The van der Waals surface area contributed by atoms with Gasteiger partial charge in [-0.3, -0.25) is 0 Å². The van der Waals surface area contributed by atoms with Crippen molar-refractivity contribution in [3.63, 3.8) is 0 Å². The Morgan fingerprint density at radius 1 is 1.35 bits per heavy atom. The first-order valence-corrected chi connectivity index (χ1v) is 11.3. The highest BCUT2D eigenvalue weighted by Crippen LogP contribution is 2.24. The number of aromatic nitrogens is 1. The van der Waals surface area contributed by atoms with E-state index < -0.39 is 10.0 Å². The molecule has 0 amide bonds. The van der Waals surface area contributed by atoms with Gasteiger partial charge in [-0.05, 0) is 51.0 Å². The predicted octanol–water partition coefficient (Wildman–Crippen LogP) is 2.98. The Morgan fingerprint density at radius 2 is 2.12 bits per heavy atom. The average molecular weight is 397 g/mol. The third-order valence-electron chi connectivity index (χ3n) is 4.33. The number of nitrogens with zero attached hydrogens (tertiary/aromatic N) is 1. The van der Waals surface area contributed by atoms with Crippen LogP contribution in [0, 0.1) is 6.92 Å². The summed E-state index contributed by atoms with van der Waals surface area (Å²) >= 11 is 1.62. The van der Waals surface area contributed by atoms with Crippen molar-refractivity contribution < 1.29 is 17.9 Å². The minimum Gasteiger partial charge on any atom is -0.491 e. The number of aryl methyl sites for hydroxylation is 1. The fourth-order valence-electron chi connectivity index (χ4n) is 2.85. The Morgan fingerprint density at radius 3 is 2.77 bits per heavy atom. The van der Waals surface area contributed by atoms with Crippen LogP contribution in [0.15, 0.2) is 29.6 Å². The van der Waals surface area contributed by atoms with Crippen LogP contribution in [0.2, 0.25) is 0 Å². The van der Waals surface area contributed by atoms with Crippen LogP contribution in [0.4, 0.5) is 0 Å². The summed E-state index contributed by atoms with van der Waals surface area (Å²) in [6.45, 7) is 4.55. The number of hydrogen-bond acceptors (Lipinski definition) is 6. The third-order valence-corrected chi connectivity index (χ3v) is 6.53. The number of hydrogen-bond donors (Lipinski definition) is 1. The van der Waals surface area contributed by atoms with Crippen LogP contribution in [0.25, 0.3) is 11.3 Å². The van der Waals surface area contributed by atoms with Gasteiger partial charge in [0.1, 0.15) is 18.5 Å². The Labute approximate surface area is 158 Å². The second-order valence-corrected chi connectivity index (χ2v) is 9.37. The van der Waals surface area contributed by atoms with Gasteiger partial charge < -0.3 is 9.47 Å². The van der Waals surface area contributed by atoms with Crippen LogP contribution in [-0.2, 0) is 14.8 Å². The van der Waals surface area contributed by atoms with E-state index in [1.807, 2.05) is 36.6 Å². The van der Waals surface area contributed by atoms with Crippen molar-refractivity contribution in [2.24, 2.45) is 0 Å². The number of thiazole rings is 1. The summed E-state index contributed by atoms with van der Waals surface area (Å²) < 4.78 is 38.0. The maximum atomic E-state index is 11.8. The molecule has 2 unspecified atom stereocenters. The highest BCUT2D eigenvalue weighted by molar-refractivity contribution is 7.89. The lowest BCUT2D eigenvalue weighted by molar-refractivity contribution is -0.0279. The van der Waals surface area contributed by atoms with Gasteiger partial charge in [-0.25, -0.2) is 18.1 Å². The molecule has 1 aliphatic rings. The van der Waals surface area contributed by atoms with E-state index in [-0.39, 0.29) is 17.9 Å². The molecule has 8 heteroatoms. The molecule has 1 aromatic carbocycles. The molecule has 1 saturated heterocycles. The summed E-state index contributed by atoms with van der Waals surface area (Å²) in [4.78, 5) is 4.47. The molecule has 2 aromatic rings. The van der Waals surface area contributed by atoms with Gasteiger partial charge in [-0.1, -0.05) is 0 Å². The van der Waals surface area contributed by atoms with Gasteiger partial charge in [-0.15, -0.1) is 11.3 Å². The van der Waals surface area contributed by atoms with Gasteiger partial charge in [0, 0.05) is 17.6 Å². The minimum absolute atomic E-state index is 0.0641. The van der Waals surface area contributed by atoms with Crippen LogP contribution in [0.1, 0.15) is 24.8 Å². The van der Waals surface area contributed by atoms with Crippen molar-refractivity contribution >= 4 is 21.4 Å². The average Bonchev–Trinajstić information content (AvgIpc) is 3.07. The summed E-state index contributed by atoms with van der Waals surface area (Å²) in [5.41, 5.74) is 2.01. The van der Waals surface area contributed by atoms with Crippen molar-refractivity contribution in [3.8, 4) is 17.0 Å². The van der Waals surface area contributed by atoms with Crippen LogP contribution < -0.4 is 9.46 Å². The van der Waals surface area contributed by atoms with E-state index in [4.69, 9.17) is 9.47 Å². The Hall–Kier alpha value is -1.48. The normalized spacial score (nSPS) is 20.8. The van der Waals surface area contributed by atoms with Gasteiger partial charge in [0.15, 0.2) is 0 Å². The van der Waals surface area contributed by atoms with Crippen molar-refractivity contribution in [2.45, 2.75) is 38.8 Å². The number of rotatable bonds is 7. The van der Waals surface area contributed by atoms with Crippen LogP contribution in [-0.4, -0.2) is 44.5 Å². The fourth-order valence-corrected chi connectivity index (χ4v) is 4.37. The lowest BCUT2D eigenvalue weighted by Gasteiger charge is -2.31. The standard InChI is InChI=1S/C18H24N2O4S2/c1-3-26(21,22)20-16-5-4-10-23-18(16)11-24-15-8-6-14(7-9-15)17-12-25-13(2)19-17/h6-9,12,16,18,20H,3-5,10-11H2,1-2H3. The molecule has 142 valence electrons. The molecule has 0 saturated carbocycles. The van der Waals surface area contributed by atoms with Gasteiger partial charge in [-0.2, -0.15) is 0 Å². The monoisotopic (exact) mass is 396 g/mol. The number of sulfonamides is 1. The van der Waals surface area contributed by atoms with Crippen LogP contribution >= 0.6 is 11.3 Å². The second kappa shape index (κ2) is 8.47. The van der Waals surface area contributed by atoms with Gasteiger partial charge in [0.25, 0.3) is 0 Å². The smallest absolute Gasteiger partial charge is 0.211 e. The number of ether oxygens (including phenoxy) is 2. The van der Waals surface area contributed by atoms with Crippen LogP contribution in [0.5, 0.6) is 5.75 Å². The molecule has 1 aromatic heterocycles. The lowest BCUT2D eigenvalue weighted by Crippen LogP contribution is -2.49. The Bertz CT molecular complexity index is 818. The first-order valence-electron chi connectivity index (χ1n) is 8.74. The van der Waals surface area contributed by atoms with E-state index in [9.17, 15) is 8.42 Å². The predicted molar refractivity (Wildman–Crippen MR) is 103 cm³/mol. The highest BCUT2D eigenvalue weighted by Gasteiger charge is 2.29. The summed E-state index contributed by atoms with van der Waals surface area (Å²) in [6.07, 6.45) is 1.32. The van der Waals surface area contributed by atoms with E-state index in [1.165, 1.54) is 0 Å². The molecule has 2 atom stereocenters. The van der Waals surface area contributed by atoms with E-state index in [1.54, 1.807) is 18.3 Å². The van der Waals surface area contributed by atoms with Crippen LogP contribution in [0.3, 0.4) is 0 Å². The fraction of sp³-hybridized carbons (Fsp3) is 0.500. The van der Waals surface area contributed by atoms with E-state index in [0.717, 1.165) is 34.9 Å². The molecule has 6 nitrogen and oxygen atoms in total. The summed E-state index contributed by atoms with van der Waals surface area (Å²) in [6, 6.07) is 7.51. The Balaban J connectivity index is 1.60. The van der Waals surface area contributed by atoms with E-state index in [2.05, 4.69) is 9.71 Å². The number of benzene rings is 1. The van der Waals surface area contributed by atoms with Crippen molar-refractivity contribution in [2.75, 3.05) is 19.0 Å². The van der Waals surface area contributed by atoms with Crippen molar-refractivity contribution in [1.29, 1.82) is 0 Å². The highest BCUT2D eigenvalue weighted by atomic mass is 32.2. The van der Waals surface area contributed by atoms with Crippen molar-refractivity contribution in [3.05, 3.63) is 34.7 Å². The van der Waals surface area contributed by atoms with Gasteiger partial charge in [0.05, 0.1) is 22.5 Å². The molecule has 0 aliphatic carbocycles. The molecule has 0 bridgehead atoms. The first kappa shape index (κ1) is 19.3. The summed E-state index contributed by atoms with van der Waals surface area (Å²) in [5, 5.41) is 3.07. The maximum Gasteiger partial charge on any atom is 0.211 e. The van der Waals surface area contributed by atoms with Gasteiger partial charge >= 0.3 is 0 Å². The molecule has 1 aliphatic heterocycles. The minimum atomic E-state index is -3.26. The largest absolute Gasteiger partial charge is 0.491 e. The number of nitrogens with one attached hydrogen (secondary N) is 1. The van der Waals surface area contributed by atoms with E-state index >= 15 is 0 Å². The molecule has 2 heterocycles. The topological polar surface area (TPSA) is 77.5 Å². The summed E-state index contributed by atoms with van der Waals surface area (Å²) in [5.74, 6) is 0.793. The third kappa shape index (κ3) is 5.03. The first-order chi connectivity index (χ1) is 12.5. The molecular formula is C18H24N2O4S2. The maximum absolute atomic E-state index is 11.8. The molecule has 1 N–H and O–H groups in total. The molecular weight excluding hydrogens is 372 g/mol. The van der Waals surface area contributed by atoms with Crippen molar-refractivity contribution in [1.82, 2.24) is 9.71 Å². The molecule has 26 heavy (non-hydrogen) atoms. The second-order valence-electron chi connectivity index (χ2n) is 6.27. The lowest BCUT2D eigenvalue weighted by atomic mass is 10.0. The molecule has 1 fully saturated rings. The van der Waals surface area contributed by atoms with Gasteiger partial charge in [0.2, 0.25) is 10.0 Å². The molecule has 0 radical (unpaired) electrons. The quantitative estimate of drug-likeness (QED) is 0.778. The van der Waals surface area contributed by atoms with E-state index in [0.29, 0.717) is 13.2 Å². The SMILES string of the molecule is CCS(=O)(=O)NC1CCCOC1COc1ccc(-c2csc(C)n2)cc1. The Kier molecular flexibility index (Phi) is 6.29. The zero-order valence-corrected chi connectivity index (χ0v) is 16.6. The zero-order chi connectivity index (χ0) is 18.6. The zero-order valence-electron chi connectivity index (χ0n) is 15.0. The molecule has 0 spiro atoms. The summed E-state index contributed by atoms with van der Waals surface area (Å²) in [7, 11) is -3.26. The molecule has 3 rings (SSSR count).